The van der Waals surface area contributed by atoms with E-state index < -0.39 is 10.0 Å². The Balaban J connectivity index is 1.61. The number of carbonyl (C=O) groups is 1. The summed E-state index contributed by atoms with van der Waals surface area (Å²) in [5.74, 6) is 0.109. The van der Waals surface area contributed by atoms with Crippen molar-refractivity contribution in [2.24, 2.45) is 0 Å². The van der Waals surface area contributed by atoms with Crippen LogP contribution >= 0.6 is 11.3 Å². The van der Waals surface area contributed by atoms with Gasteiger partial charge in [0.15, 0.2) is 0 Å². The molecule has 0 bridgehead atoms. The second-order valence-electron chi connectivity index (χ2n) is 6.22. The highest BCUT2D eigenvalue weighted by Crippen LogP contribution is 2.30. The molecule has 1 aromatic heterocycles. The van der Waals surface area contributed by atoms with Crippen LogP contribution in [0, 0.1) is 0 Å². The van der Waals surface area contributed by atoms with Crippen LogP contribution in [0.1, 0.15) is 45.8 Å². The molecule has 0 unspecified atom stereocenters. The van der Waals surface area contributed by atoms with E-state index >= 15 is 0 Å². The molecule has 1 aromatic rings. The molecule has 2 heterocycles. The minimum absolute atomic E-state index is 0.0457. The van der Waals surface area contributed by atoms with E-state index in [1.165, 1.54) is 29.5 Å². The number of nitrogens with one attached hydrogen (secondary N) is 1. The van der Waals surface area contributed by atoms with Crippen LogP contribution < -0.4 is 4.72 Å². The lowest BCUT2D eigenvalue weighted by Crippen LogP contribution is -2.46. The van der Waals surface area contributed by atoms with E-state index in [0.29, 0.717) is 25.9 Å². The van der Waals surface area contributed by atoms with E-state index in [-0.39, 0.29) is 11.9 Å². The average molecular weight is 342 g/mol. The molecule has 1 N–H and O–H groups in total. The predicted molar refractivity (Wildman–Crippen MR) is 87.9 cm³/mol. The van der Waals surface area contributed by atoms with Crippen molar-refractivity contribution in [3.63, 3.8) is 0 Å². The number of carbonyl (C=O) groups excluding carboxylic acids is 1. The fourth-order valence-electron chi connectivity index (χ4n) is 3.26. The molecule has 0 spiro atoms. The molecular weight excluding hydrogens is 320 g/mol. The van der Waals surface area contributed by atoms with Gasteiger partial charge in [0.2, 0.25) is 10.0 Å². The molecule has 7 heteroatoms. The smallest absolute Gasteiger partial charge is 0.263 e. The third-order valence-electron chi connectivity index (χ3n) is 4.37. The molecule has 2 aliphatic rings. The first kappa shape index (κ1) is 16.0. The van der Waals surface area contributed by atoms with E-state index in [2.05, 4.69) is 10.8 Å². The first-order valence-electron chi connectivity index (χ1n) is 7.80. The van der Waals surface area contributed by atoms with E-state index in [1.807, 2.05) is 4.90 Å². The van der Waals surface area contributed by atoms with Gasteiger partial charge in [-0.15, -0.1) is 11.3 Å². The lowest BCUT2D eigenvalue weighted by Gasteiger charge is -2.31. The largest absolute Gasteiger partial charge is 0.338 e. The van der Waals surface area contributed by atoms with Crippen LogP contribution in [0.5, 0.6) is 0 Å². The maximum atomic E-state index is 12.6. The average Bonchev–Trinajstić information content (AvgIpc) is 2.89. The van der Waals surface area contributed by atoms with Crippen molar-refractivity contribution in [2.45, 2.75) is 44.6 Å². The number of piperidine rings is 1. The Morgan fingerprint density at radius 1 is 1.27 bits per heavy atom. The van der Waals surface area contributed by atoms with Gasteiger partial charge in [0.25, 0.3) is 5.91 Å². The molecule has 1 aliphatic carbocycles. The number of fused-ring (bicyclic) bond motifs is 1. The summed E-state index contributed by atoms with van der Waals surface area (Å²) < 4.78 is 25.2. The second kappa shape index (κ2) is 6.29. The topological polar surface area (TPSA) is 66.5 Å². The highest BCUT2D eigenvalue weighted by Gasteiger charge is 2.27. The summed E-state index contributed by atoms with van der Waals surface area (Å²) in [7, 11) is -3.17. The summed E-state index contributed by atoms with van der Waals surface area (Å²) in [5.41, 5.74) is 1.35. The number of likely N-dealkylation sites (tertiary alicyclic amines) is 1. The molecule has 1 amide bonds. The number of thiophene rings is 1. The number of hydrogen-bond acceptors (Lipinski definition) is 4. The van der Waals surface area contributed by atoms with Gasteiger partial charge in [-0.3, -0.25) is 4.79 Å². The minimum atomic E-state index is -3.17. The van der Waals surface area contributed by atoms with Gasteiger partial charge in [0, 0.05) is 24.0 Å². The zero-order valence-electron chi connectivity index (χ0n) is 12.8. The predicted octanol–water partition coefficient (Wildman–Crippen LogP) is 1.78. The summed E-state index contributed by atoms with van der Waals surface area (Å²) in [6, 6.07) is 2.03. The molecule has 1 aliphatic heterocycles. The van der Waals surface area contributed by atoms with Gasteiger partial charge in [-0.1, -0.05) is 0 Å². The standard InChI is InChI=1S/C15H22N2O3S2/c1-22(19,20)16-12-6-8-17(9-7-12)15(18)14-10-11-4-2-3-5-13(11)21-14/h10,12,16H,2-9H2,1H3. The molecule has 22 heavy (non-hydrogen) atoms. The Morgan fingerprint density at radius 3 is 2.59 bits per heavy atom. The Bertz CT molecular complexity index is 635. The summed E-state index contributed by atoms with van der Waals surface area (Å²) in [6.45, 7) is 1.24. The van der Waals surface area contributed by atoms with Crippen molar-refractivity contribution in [1.82, 2.24) is 9.62 Å². The Kier molecular flexibility index (Phi) is 4.56. The number of nitrogens with zero attached hydrogens (tertiary/aromatic N) is 1. The highest BCUT2D eigenvalue weighted by atomic mass is 32.2. The molecule has 3 rings (SSSR count). The molecule has 5 nitrogen and oxygen atoms in total. The summed E-state index contributed by atoms with van der Waals surface area (Å²) in [5, 5.41) is 0. The third kappa shape index (κ3) is 3.70. The van der Waals surface area contributed by atoms with Crippen LogP contribution in [0.3, 0.4) is 0 Å². The number of sulfonamides is 1. The quantitative estimate of drug-likeness (QED) is 0.910. The van der Waals surface area contributed by atoms with Crippen LogP contribution in [0.2, 0.25) is 0 Å². The van der Waals surface area contributed by atoms with Crippen LogP contribution in [0.25, 0.3) is 0 Å². The van der Waals surface area contributed by atoms with E-state index in [0.717, 1.165) is 17.7 Å². The van der Waals surface area contributed by atoms with Gasteiger partial charge in [0.1, 0.15) is 0 Å². The van der Waals surface area contributed by atoms with E-state index in [1.54, 1.807) is 11.3 Å². The molecule has 1 saturated heterocycles. The maximum absolute atomic E-state index is 12.6. The van der Waals surface area contributed by atoms with Crippen molar-refractivity contribution in [3.05, 3.63) is 21.4 Å². The monoisotopic (exact) mass is 342 g/mol. The lowest BCUT2D eigenvalue weighted by molar-refractivity contribution is 0.0716. The van der Waals surface area contributed by atoms with Gasteiger partial charge in [-0.2, -0.15) is 0 Å². The van der Waals surface area contributed by atoms with Crippen LogP contribution in [-0.4, -0.2) is 44.6 Å². The van der Waals surface area contributed by atoms with Crippen molar-refractivity contribution in [2.75, 3.05) is 19.3 Å². The van der Waals surface area contributed by atoms with Gasteiger partial charge < -0.3 is 4.90 Å². The molecule has 1 fully saturated rings. The zero-order chi connectivity index (χ0) is 15.7. The van der Waals surface area contributed by atoms with Crippen molar-refractivity contribution >= 4 is 27.3 Å². The Morgan fingerprint density at radius 2 is 1.95 bits per heavy atom. The van der Waals surface area contributed by atoms with Crippen LogP contribution in [0.4, 0.5) is 0 Å². The van der Waals surface area contributed by atoms with Crippen molar-refractivity contribution in [3.8, 4) is 0 Å². The Hall–Kier alpha value is -0.920. The second-order valence-corrected chi connectivity index (χ2v) is 9.14. The zero-order valence-corrected chi connectivity index (χ0v) is 14.4. The van der Waals surface area contributed by atoms with E-state index in [9.17, 15) is 13.2 Å². The fourth-order valence-corrected chi connectivity index (χ4v) is 5.32. The van der Waals surface area contributed by atoms with Crippen molar-refractivity contribution < 1.29 is 13.2 Å². The van der Waals surface area contributed by atoms with Crippen LogP contribution in [-0.2, 0) is 22.9 Å². The number of amides is 1. The highest BCUT2D eigenvalue weighted by molar-refractivity contribution is 7.88. The van der Waals surface area contributed by atoms with Gasteiger partial charge in [0.05, 0.1) is 11.1 Å². The molecule has 0 atom stereocenters. The van der Waals surface area contributed by atoms with Gasteiger partial charge in [-0.05, 0) is 50.2 Å². The number of aryl methyl sites for hydroxylation is 2. The molecule has 0 radical (unpaired) electrons. The van der Waals surface area contributed by atoms with Crippen LogP contribution in [0.15, 0.2) is 6.07 Å². The summed E-state index contributed by atoms with van der Waals surface area (Å²) in [4.78, 5) is 16.7. The molecule has 0 saturated carbocycles. The number of hydrogen-bond donors (Lipinski definition) is 1. The molecule has 0 aromatic carbocycles. The first-order valence-corrected chi connectivity index (χ1v) is 10.5. The molecular formula is C15H22N2O3S2. The Labute approximate surface area is 135 Å². The third-order valence-corrected chi connectivity index (χ3v) is 6.36. The fraction of sp³-hybridized carbons (Fsp3) is 0.667. The summed E-state index contributed by atoms with van der Waals surface area (Å²) >= 11 is 1.65. The van der Waals surface area contributed by atoms with Gasteiger partial charge >= 0.3 is 0 Å². The van der Waals surface area contributed by atoms with Gasteiger partial charge in [-0.25, -0.2) is 13.1 Å². The number of rotatable bonds is 3. The lowest BCUT2D eigenvalue weighted by atomic mass is 9.99. The minimum Gasteiger partial charge on any atom is -0.338 e. The van der Waals surface area contributed by atoms with E-state index in [4.69, 9.17) is 0 Å². The maximum Gasteiger partial charge on any atom is 0.263 e. The summed E-state index contributed by atoms with van der Waals surface area (Å²) in [6.07, 6.45) is 7.20. The molecule has 122 valence electrons. The van der Waals surface area contributed by atoms with Crippen molar-refractivity contribution in [1.29, 1.82) is 0 Å². The SMILES string of the molecule is CS(=O)(=O)NC1CCN(C(=O)c2cc3c(s2)CCCC3)CC1. The normalized spacial score (nSPS) is 20.0. The first-order chi connectivity index (χ1) is 10.4.